The molecule has 0 aliphatic heterocycles. The van der Waals surface area contributed by atoms with Crippen LogP contribution in [0.2, 0.25) is 0 Å². The number of aliphatic carboxylic acids is 1. The van der Waals surface area contributed by atoms with Gasteiger partial charge in [0.1, 0.15) is 0 Å². The van der Waals surface area contributed by atoms with Gasteiger partial charge in [-0.25, -0.2) is 4.98 Å². The second-order valence-electron chi connectivity index (χ2n) is 4.73. The van der Waals surface area contributed by atoms with Crippen molar-refractivity contribution in [3.05, 3.63) is 30.1 Å². The molecule has 88 valence electrons. The topological polar surface area (TPSA) is 66.0 Å². The van der Waals surface area contributed by atoms with Gasteiger partial charge in [-0.3, -0.25) is 4.79 Å². The minimum atomic E-state index is -0.700. The van der Waals surface area contributed by atoms with E-state index >= 15 is 0 Å². The zero-order valence-corrected chi connectivity index (χ0v) is 9.44. The summed E-state index contributed by atoms with van der Waals surface area (Å²) in [5.74, 6) is -0.700. The molecule has 0 atom stereocenters. The fourth-order valence-corrected chi connectivity index (χ4v) is 2.84. The molecule has 0 amide bonds. The molecule has 0 radical (unpaired) electrons. The van der Waals surface area contributed by atoms with Crippen molar-refractivity contribution in [1.29, 1.82) is 0 Å². The Hall–Kier alpha value is -1.84. The van der Waals surface area contributed by atoms with Gasteiger partial charge in [0, 0.05) is 0 Å². The van der Waals surface area contributed by atoms with E-state index in [1.165, 1.54) is 0 Å². The van der Waals surface area contributed by atoms with Crippen LogP contribution in [-0.2, 0) is 10.2 Å². The Labute approximate surface area is 98.7 Å². The molecule has 0 saturated heterocycles. The molecule has 2 aromatic rings. The summed E-state index contributed by atoms with van der Waals surface area (Å²) >= 11 is 0. The lowest BCUT2D eigenvalue weighted by Gasteiger charge is -2.24. The number of aromatic amines is 1. The van der Waals surface area contributed by atoms with E-state index < -0.39 is 11.4 Å². The summed E-state index contributed by atoms with van der Waals surface area (Å²) in [4.78, 5) is 18.8. The van der Waals surface area contributed by atoms with Gasteiger partial charge in [-0.15, -0.1) is 0 Å². The van der Waals surface area contributed by atoms with Crippen molar-refractivity contribution in [1.82, 2.24) is 9.97 Å². The van der Waals surface area contributed by atoms with Gasteiger partial charge in [0.05, 0.1) is 22.8 Å². The smallest absolute Gasteiger partial charge is 0.314 e. The van der Waals surface area contributed by atoms with Crippen LogP contribution in [0.4, 0.5) is 0 Å². The molecule has 4 heteroatoms. The molecule has 0 unspecified atom stereocenters. The fraction of sp³-hybridized carbons (Fsp3) is 0.385. The Morgan fingerprint density at radius 1 is 1.35 bits per heavy atom. The lowest BCUT2D eigenvalue weighted by molar-refractivity contribution is -0.143. The second kappa shape index (κ2) is 3.58. The Kier molecular flexibility index (Phi) is 2.18. The van der Waals surface area contributed by atoms with Crippen LogP contribution >= 0.6 is 0 Å². The lowest BCUT2D eigenvalue weighted by Crippen LogP contribution is -2.32. The number of nitrogens with one attached hydrogen (secondary N) is 1. The highest BCUT2D eigenvalue weighted by Crippen LogP contribution is 2.41. The molecule has 2 N–H and O–H groups in total. The zero-order chi connectivity index (χ0) is 11.9. The van der Waals surface area contributed by atoms with Crippen LogP contribution in [0.3, 0.4) is 0 Å². The number of rotatable bonds is 2. The van der Waals surface area contributed by atoms with Crippen molar-refractivity contribution in [2.45, 2.75) is 31.1 Å². The number of aromatic nitrogens is 2. The van der Waals surface area contributed by atoms with Gasteiger partial charge in [0.25, 0.3) is 0 Å². The van der Waals surface area contributed by atoms with E-state index in [2.05, 4.69) is 9.97 Å². The number of fused-ring (bicyclic) bond motifs is 1. The van der Waals surface area contributed by atoms with Crippen molar-refractivity contribution in [3.8, 4) is 0 Å². The minimum Gasteiger partial charge on any atom is -0.481 e. The highest BCUT2D eigenvalue weighted by atomic mass is 16.4. The molecule has 17 heavy (non-hydrogen) atoms. The van der Waals surface area contributed by atoms with Crippen LogP contribution in [0.5, 0.6) is 0 Å². The standard InChI is InChI=1S/C13H14N2O2/c16-12(17)13(5-1-2-6-13)9-3-4-10-11(7-9)15-8-14-10/h3-4,7-8H,1-2,5-6H2,(H,14,15)(H,16,17). The average Bonchev–Trinajstić information content (AvgIpc) is 2.97. The van der Waals surface area contributed by atoms with Crippen LogP contribution in [0.1, 0.15) is 31.2 Å². The van der Waals surface area contributed by atoms with Crippen LogP contribution in [0.15, 0.2) is 24.5 Å². The maximum absolute atomic E-state index is 11.6. The number of hydrogen-bond acceptors (Lipinski definition) is 2. The number of H-pyrrole nitrogens is 1. The first kappa shape index (κ1) is 10.3. The van der Waals surface area contributed by atoms with Gasteiger partial charge >= 0.3 is 5.97 Å². The van der Waals surface area contributed by atoms with E-state index in [4.69, 9.17) is 0 Å². The average molecular weight is 230 g/mol. The molecule has 1 saturated carbocycles. The third kappa shape index (κ3) is 1.44. The zero-order valence-electron chi connectivity index (χ0n) is 9.44. The minimum absolute atomic E-state index is 0.681. The van der Waals surface area contributed by atoms with Gasteiger partial charge in [-0.1, -0.05) is 18.9 Å². The number of nitrogens with zero attached hydrogens (tertiary/aromatic N) is 1. The number of benzene rings is 1. The van der Waals surface area contributed by atoms with Gasteiger partial charge in [-0.2, -0.15) is 0 Å². The first-order chi connectivity index (χ1) is 8.22. The van der Waals surface area contributed by atoms with Gasteiger partial charge in [0.2, 0.25) is 0 Å². The molecule has 1 heterocycles. The molecule has 1 aliphatic rings. The molecule has 0 spiro atoms. The van der Waals surface area contributed by atoms with Crippen LogP contribution in [-0.4, -0.2) is 21.0 Å². The predicted molar refractivity (Wildman–Crippen MR) is 63.9 cm³/mol. The van der Waals surface area contributed by atoms with E-state index in [1.807, 2.05) is 18.2 Å². The monoisotopic (exact) mass is 230 g/mol. The van der Waals surface area contributed by atoms with Crippen LogP contribution in [0.25, 0.3) is 11.0 Å². The number of carboxylic acid groups (broad SMARTS) is 1. The third-order valence-electron chi connectivity index (χ3n) is 3.84. The van der Waals surface area contributed by atoms with Gasteiger partial charge in [-0.05, 0) is 30.5 Å². The molecule has 1 aliphatic carbocycles. The highest BCUT2D eigenvalue weighted by Gasteiger charge is 2.42. The predicted octanol–water partition coefficient (Wildman–Crippen LogP) is 2.46. The summed E-state index contributed by atoms with van der Waals surface area (Å²) in [7, 11) is 0. The van der Waals surface area contributed by atoms with Crippen LogP contribution < -0.4 is 0 Å². The van der Waals surface area contributed by atoms with Gasteiger partial charge < -0.3 is 10.1 Å². The van der Waals surface area contributed by atoms with Crippen molar-refractivity contribution < 1.29 is 9.90 Å². The summed E-state index contributed by atoms with van der Waals surface area (Å²) in [5, 5.41) is 9.51. The molecule has 4 nitrogen and oxygen atoms in total. The van der Waals surface area contributed by atoms with Gasteiger partial charge in [0.15, 0.2) is 0 Å². The Morgan fingerprint density at radius 3 is 2.82 bits per heavy atom. The SMILES string of the molecule is O=C(O)C1(c2ccc3nc[nH]c3c2)CCCC1. The Balaban J connectivity index is 2.14. The second-order valence-corrected chi connectivity index (χ2v) is 4.73. The quantitative estimate of drug-likeness (QED) is 0.832. The van der Waals surface area contributed by atoms with Crippen molar-refractivity contribution >= 4 is 17.0 Å². The molecule has 1 aromatic heterocycles. The highest BCUT2D eigenvalue weighted by molar-refractivity contribution is 5.84. The number of carboxylic acids is 1. The van der Waals surface area contributed by atoms with E-state index in [0.717, 1.165) is 42.3 Å². The molecule has 0 bridgehead atoms. The largest absolute Gasteiger partial charge is 0.481 e. The Morgan fingerprint density at radius 2 is 2.12 bits per heavy atom. The molecule has 1 aromatic carbocycles. The molecule has 1 fully saturated rings. The Bertz CT molecular complexity index is 568. The number of carbonyl (C=O) groups is 1. The third-order valence-corrected chi connectivity index (χ3v) is 3.84. The van der Waals surface area contributed by atoms with Crippen LogP contribution in [0, 0.1) is 0 Å². The first-order valence-electron chi connectivity index (χ1n) is 5.89. The van der Waals surface area contributed by atoms with Crippen molar-refractivity contribution in [3.63, 3.8) is 0 Å². The van der Waals surface area contributed by atoms with Crippen molar-refractivity contribution in [2.75, 3.05) is 0 Å². The van der Waals surface area contributed by atoms with E-state index in [0.29, 0.717) is 0 Å². The summed E-state index contributed by atoms with van der Waals surface area (Å²) in [5.41, 5.74) is 2.01. The normalized spacial score (nSPS) is 18.6. The summed E-state index contributed by atoms with van der Waals surface area (Å²) in [6.45, 7) is 0. The molecule has 3 rings (SSSR count). The van der Waals surface area contributed by atoms with E-state index in [9.17, 15) is 9.90 Å². The first-order valence-corrected chi connectivity index (χ1v) is 5.89. The number of imidazole rings is 1. The lowest BCUT2D eigenvalue weighted by atomic mass is 9.79. The maximum atomic E-state index is 11.6. The van der Waals surface area contributed by atoms with Crippen molar-refractivity contribution in [2.24, 2.45) is 0 Å². The summed E-state index contributed by atoms with van der Waals surface area (Å²) in [6.07, 6.45) is 5.10. The molecular weight excluding hydrogens is 216 g/mol. The summed E-state index contributed by atoms with van der Waals surface area (Å²) < 4.78 is 0. The van der Waals surface area contributed by atoms with E-state index in [-0.39, 0.29) is 0 Å². The number of hydrogen-bond donors (Lipinski definition) is 2. The fourth-order valence-electron chi connectivity index (χ4n) is 2.84. The summed E-state index contributed by atoms with van der Waals surface area (Å²) in [6, 6.07) is 5.73. The van der Waals surface area contributed by atoms with E-state index in [1.54, 1.807) is 6.33 Å². The molecular formula is C13H14N2O2. The maximum Gasteiger partial charge on any atom is 0.314 e.